The molecule has 2 N–H and O–H groups in total. The van der Waals surface area contributed by atoms with E-state index in [-0.39, 0.29) is 0 Å². The van der Waals surface area contributed by atoms with Crippen LogP contribution in [0.25, 0.3) is 0 Å². The summed E-state index contributed by atoms with van der Waals surface area (Å²) in [6.45, 7) is 0.495. The average molecular weight is 266 g/mol. The molecule has 0 aromatic carbocycles. The molecule has 1 heterocycles. The van der Waals surface area contributed by atoms with E-state index in [1.54, 1.807) is 6.20 Å². The smallest absolute Gasteiger partial charge is 0.111 e. The molecule has 0 saturated carbocycles. The lowest BCUT2D eigenvalue weighted by atomic mass is 10.3. The van der Waals surface area contributed by atoms with Crippen LogP contribution in [-0.2, 0) is 6.54 Å². The molecule has 1 aromatic rings. The van der Waals surface area contributed by atoms with Crippen LogP contribution in [0.15, 0.2) is 21.3 Å². The van der Waals surface area contributed by atoms with Crippen molar-refractivity contribution in [1.82, 2.24) is 4.98 Å². The Hall–Kier alpha value is 0.0700. The average Bonchev–Trinajstić information content (AvgIpc) is 1.88. The molecule has 54 valence electrons. The Labute approximate surface area is 76.1 Å². The fourth-order valence-electron chi connectivity index (χ4n) is 0.627. The summed E-state index contributed by atoms with van der Waals surface area (Å²) in [7, 11) is 0. The molecule has 4 heteroatoms. The van der Waals surface area contributed by atoms with Crippen LogP contribution < -0.4 is 5.73 Å². The molecular weight excluding hydrogens is 260 g/mol. The number of nitrogens with zero attached hydrogens (tertiary/aromatic N) is 1. The predicted octanol–water partition coefficient (Wildman–Crippen LogP) is 2.07. The molecule has 0 radical (unpaired) electrons. The van der Waals surface area contributed by atoms with Gasteiger partial charge in [-0.25, -0.2) is 4.98 Å². The van der Waals surface area contributed by atoms with Gasteiger partial charge in [0.2, 0.25) is 0 Å². The van der Waals surface area contributed by atoms with E-state index in [1.165, 1.54) is 0 Å². The Morgan fingerprint density at radius 1 is 1.50 bits per heavy atom. The highest BCUT2D eigenvalue weighted by atomic mass is 79.9. The van der Waals surface area contributed by atoms with Gasteiger partial charge in [0.1, 0.15) is 4.60 Å². The summed E-state index contributed by atoms with van der Waals surface area (Å²) >= 11 is 6.64. The number of hydrogen-bond acceptors (Lipinski definition) is 2. The second kappa shape index (κ2) is 3.46. The van der Waals surface area contributed by atoms with E-state index in [1.807, 2.05) is 6.07 Å². The standard InChI is InChI=1S/C6H6Br2N2/c7-5-1-2-10-6(8)4(5)3-9/h1-2H,3,9H2. The number of hydrogen-bond donors (Lipinski definition) is 1. The Morgan fingerprint density at radius 2 is 2.20 bits per heavy atom. The molecule has 0 spiro atoms. The zero-order valence-electron chi connectivity index (χ0n) is 5.14. The topological polar surface area (TPSA) is 38.9 Å². The normalized spacial score (nSPS) is 9.90. The maximum Gasteiger partial charge on any atom is 0.111 e. The van der Waals surface area contributed by atoms with Gasteiger partial charge in [0, 0.05) is 22.8 Å². The van der Waals surface area contributed by atoms with Crippen LogP contribution in [0.1, 0.15) is 5.56 Å². The van der Waals surface area contributed by atoms with Crippen LogP contribution in [0.3, 0.4) is 0 Å². The van der Waals surface area contributed by atoms with Gasteiger partial charge in [-0.3, -0.25) is 0 Å². The number of nitrogens with two attached hydrogens (primary N) is 1. The fourth-order valence-corrected chi connectivity index (χ4v) is 1.85. The Balaban J connectivity index is 3.17. The van der Waals surface area contributed by atoms with Crippen LogP contribution in [0, 0.1) is 0 Å². The van der Waals surface area contributed by atoms with Gasteiger partial charge < -0.3 is 5.73 Å². The molecule has 0 bridgehead atoms. The number of pyridine rings is 1. The lowest BCUT2D eigenvalue weighted by Gasteiger charge is -2.00. The zero-order valence-corrected chi connectivity index (χ0v) is 8.31. The Kier molecular flexibility index (Phi) is 2.82. The molecule has 0 unspecified atom stereocenters. The first kappa shape index (κ1) is 8.17. The summed E-state index contributed by atoms with van der Waals surface area (Å²) in [5, 5.41) is 0. The van der Waals surface area contributed by atoms with Crippen LogP contribution in [0.5, 0.6) is 0 Å². The van der Waals surface area contributed by atoms with Crippen molar-refractivity contribution in [3.05, 3.63) is 26.9 Å². The third kappa shape index (κ3) is 1.56. The van der Waals surface area contributed by atoms with Gasteiger partial charge >= 0.3 is 0 Å². The van der Waals surface area contributed by atoms with Crippen molar-refractivity contribution >= 4 is 31.9 Å². The maximum absolute atomic E-state index is 5.45. The molecule has 0 saturated heterocycles. The van der Waals surface area contributed by atoms with Gasteiger partial charge in [-0.05, 0) is 22.0 Å². The minimum absolute atomic E-state index is 0.495. The SMILES string of the molecule is NCc1c(Br)ccnc1Br. The van der Waals surface area contributed by atoms with Crippen LogP contribution in [0.2, 0.25) is 0 Å². The third-order valence-electron chi connectivity index (χ3n) is 1.15. The van der Waals surface area contributed by atoms with E-state index >= 15 is 0 Å². The first-order valence-corrected chi connectivity index (χ1v) is 4.33. The molecular formula is C6H6Br2N2. The quantitative estimate of drug-likeness (QED) is 0.790. The van der Waals surface area contributed by atoms with Crippen LogP contribution in [0.4, 0.5) is 0 Å². The van der Waals surface area contributed by atoms with Gasteiger partial charge in [0.15, 0.2) is 0 Å². The number of aromatic nitrogens is 1. The summed E-state index contributed by atoms with van der Waals surface area (Å²) in [6.07, 6.45) is 1.72. The van der Waals surface area contributed by atoms with E-state index < -0.39 is 0 Å². The summed E-state index contributed by atoms with van der Waals surface area (Å²) in [4.78, 5) is 4.02. The highest BCUT2D eigenvalue weighted by molar-refractivity contribution is 9.11. The fraction of sp³-hybridized carbons (Fsp3) is 0.167. The third-order valence-corrected chi connectivity index (χ3v) is 2.58. The zero-order chi connectivity index (χ0) is 7.56. The van der Waals surface area contributed by atoms with Gasteiger partial charge in [0.05, 0.1) is 0 Å². The van der Waals surface area contributed by atoms with Gasteiger partial charge in [-0.1, -0.05) is 15.9 Å². The van der Waals surface area contributed by atoms with Gasteiger partial charge in [0.25, 0.3) is 0 Å². The molecule has 0 atom stereocenters. The molecule has 0 fully saturated rings. The highest BCUT2D eigenvalue weighted by Gasteiger charge is 2.01. The maximum atomic E-state index is 5.45. The molecule has 1 rings (SSSR count). The van der Waals surface area contributed by atoms with Crippen molar-refractivity contribution in [3.63, 3.8) is 0 Å². The second-order valence-electron chi connectivity index (χ2n) is 1.77. The Morgan fingerprint density at radius 3 is 2.60 bits per heavy atom. The minimum Gasteiger partial charge on any atom is -0.326 e. The van der Waals surface area contributed by atoms with E-state index in [2.05, 4.69) is 36.8 Å². The van der Waals surface area contributed by atoms with Crippen molar-refractivity contribution in [2.24, 2.45) is 5.73 Å². The minimum atomic E-state index is 0.495. The van der Waals surface area contributed by atoms with E-state index in [0.29, 0.717) is 6.54 Å². The van der Waals surface area contributed by atoms with Crippen molar-refractivity contribution in [3.8, 4) is 0 Å². The molecule has 1 aromatic heterocycles. The summed E-state index contributed by atoms with van der Waals surface area (Å²) < 4.78 is 1.81. The monoisotopic (exact) mass is 264 g/mol. The lowest BCUT2D eigenvalue weighted by molar-refractivity contribution is 1.02. The summed E-state index contributed by atoms with van der Waals surface area (Å²) in [6, 6.07) is 1.87. The highest BCUT2D eigenvalue weighted by Crippen LogP contribution is 2.21. The second-order valence-corrected chi connectivity index (χ2v) is 3.37. The Bertz CT molecular complexity index is 217. The number of rotatable bonds is 1. The van der Waals surface area contributed by atoms with Crippen molar-refractivity contribution < 1.29 is 0 Å². The van der Waals surface area contributed by atoms with Crippen molar-refractivity contribution in [2.45, 2.75) is 6.54 Å². The lowest BCUT2D eigenvalue weighted by Crippen LogP contribution is -1.99. The van der Waals surface area contributed by atoms with Gasteiger partial charge in [-0.2, -0.15) is 0 Å². The molecule has 0 aliphatic rings. The first-order valence-electron chi connectivity index (χ1n) is 2.74. The molecule has 0 aliphatic heterocycles. The molecule has 0 amide bonds. The number of halogens is 2. The molecule has 10 heavy (non-hydrogen) atoms. The first-order chi connectivity index (χ1) is 4.75. The summed E-state index contributed by atoms with van der Waals surface area (Å²) in [5.41, 5.74) is 6.45. The predicted molar refractivity (Wildman–Crippen MR) is 47.5 cm³/mol. The van der Waals surface area contributed by atoms with E-state index in [9.17, 15) is 0 Å². The van der Waals surface area contributed by atoms with E-state index in [4.69, 9.17) is 5.73 Å². The summed E-state index contributed by atoms with van der Waals surface area (Å²) in [5.74, 6) is 0. The molecule has 2 nitrogen and oxygen atoms in total. The van der Waals surface area contributed by atoms with Gasteiger partial charge in [-0.15, -0.1) is 0 Å². The largest absolute Gasteiger partial charge is 0.326 e. The van der Waals surface area contributed by atoms with E-state index in [0.717, 1.165) is 14.6 Å². The van der Waals surface area contributed by atoms with Crippen molar-refractivity contribution in [2.75, 3.05) is 0 Å². The van der Waals surface area contributed by atoms with Crippen LogP contribution >= 0.6 is 31.9 Å². The molecule has 0 aliphatic carbocycles. The van der Waals surface area contributed by atoms with Crippen LogP contribution in [-0.4, -0.2) is 4.98 Å². The van der Waals surface area contributed by atoms with Crippen molar-refractivity contribution in [1.29, 1.82) is 0 Å².